The topological polar surface area (TPSA) is 53.9 Å². The molecule has 1 unspecified atom stereocenters. The molecule has 1 fully saturated rings. The standard InChI is InChI=1S/C22H25N5/c1-17-8-7-9-18(14-17)22(19-10-3-4-11-23-19)26-20-15-21(25-16-24-20)27-12-5-2-6-13-27/h3-4,7-11,14-16,22H,2,5-6,12-13H2,1H3,(H,24,25,26). The Hall–Kier alpha value is -2.95. The molecule has 1 aliphatic rings. The predicted octanol–water partition coefficient (Wildman–Crippen LogP) is 4.37. The van der Waals surface area contributed by atoms with Crippen molar-refractivity contribution < 1.29 is 0 Å². The molecule has 1 atom stereocenters. The highest BCUT2D eigenvalue weighted by atomic mass is 15.2. The molecule has 0 spiro atoms. The van der Waals surface area contributed by atoms with Crippen LogP contribution < -0.4 is 10.2 Å². The van der Waals surface area contributed by atoms with Crippen molar-refractivity contribution in [2.24, 2.45) is 0 Å². The smallest absolute Gasteiger partial charge is 0.134 e. The van der Waals surface area contributed by atoms with Gasteiger partial charge in [-0.25, -0.2) is 9.97 Å². The maximum absolute atomic E-state index is 4.58. The summed E-state index contributed by atoms with van der Waals surface area (Å²) in [4.78, 5) is 15.9. The van der Waals surface area contributed by atoms with Crippen LogP contribution in [0.3, 0.4) is 0 Å². The van der Waals surface area contributed by atoms with Crippen molar-refractivity contribution >= 4 is 11.6 Å². The average Bonchev–Trinajstić information content (AvgIpc) is 2.73. The van der Waals surface area contributed by atoms with Crippen molar-refractivity contribution in [2.75, 3.05) is 23.3 Å². The number of pyridine rings is 1. The third-order valence-corrected chi connectivity index (χ3v) is 4.98. The molecule has 1 N–H and O–H groups in total. The normalized spacial score (nSPS) is 15.4. The van der Waals surface area contributed by atoms with E-state index in [1.165, 1.54) is 30.4 Å². The van der Waals surface area contributed by atoms with Crippen LogP contribution in [0.15, 0.2) is 61.1 Å². The largest absolute Gasteiger partial charge is 0.357 e. The molecule has 0 bridgehead atoms. The van der Waals surface area contributed by atoms with Crippen LogP contribution in [-0.4, -0.2) is 28.0 Å². The second-order valence-corrected chi connectivity index (χ2v) is 7.06. The van der Waals surface area contributed by atoms with Gasteiger partial charge in [0.15, 0.2) is 0 Å². The Morgan fingerprint density at radius 2 is 1.81 bits per heavy atom. The van der Waals surface area contributed by atoms with Crippen LogP contribution in [0.1, 0.15) is 42.1 Å². The number of nitrogens with one attached hydrogen (secondary N) is 1. The summed E-state index contributed by atoms with van der Waals surface area (Å²) < 4.78 is 0. The first kappa shape index (κ1) is 17.5. The maximum Gasteiger partial charge on any atom is 0.134 e. The van der Waals surface area contributed by atoms with Gasteiger partial charge >= 0.3 is 0 Å². The van der Waals surface area contributed by atoms with Gasteiger partial charge in [0.1, 0.15) is 18.0 Å². The van der Waals surface area contributed by atoms with E-state index in [4.69, 9.17) is 0 Å². The molecule has 0 aliphatic carbocycles. The van der Waals surface area contributed by atoms with Gasteiger partial charge < -0.3 is 10.2 Å². The average molecular weight is 359 g/mol. The molecule has 5 heteroatoms. The van der Waals surface area contributed by atoms with E-state index in [-0.39, 0.29) is 6.04 Å². The fourth-order valence-corrected chi connectivity index (χ4v) is 3.59. The number of piperidine rings is 1. The minimum atomic E-state index is -0.0600. The van der Waals surface area contributed by atoms with E-state index in [1.54, 1.807) is 6.33 Å². The first-order chi connectivity index (χ1) is 13.3. The highest BCUT2D eigenvalue weighted by Crippen LogP contribution is 2.27. The Morgan fingerprint density at radius 1 is 0.926 bits per heavy atom. The van der Waals surface area contributed by atoms with Gasteiger partial charge in [-0.2, -0.15) is 0 Å². The Labute approximate surface area is 160 Å². The monoisotopic (exact) mass is 359 g/mol. The van der Waals surface area contributed by atoms with Gasteiger partial charge in [-0.05, 0) is 43.9 Å². The molecule has 3 aromatic rings. The van der Waals surface area contributed by atoms with Gasteiger partial charge in [-0.15, -0.1) is 0 Å². The zero-order chi connectivity index (χ0) is 18.5. The number of rotatable bonds is 5. The van der Waals surface area contributed by atoms with E-state index < -0.39 is 0 Å². The lowest BCUT2D eigenvalue weighted by Crippen LogP contribution is -2.30. The molecule has 0 amide bonds. The van der Waals surface area contributed by atoms with Crippen LogP contribution in [0.25, 0.3) is 0 Å². The third kappa shape index (κ3) is 4.25. The molecule has 138 valence electrons. The quantitative estimate of drug-likeness (QED) is 0.733. The Balaban J connectivity index is 1.64. The SMILES string of the molecule is Cc1cccc(C(Nc2cc(N3CCCCC3)ncn2)c2ccccn2)c1. The van der Waals surface area contributed by atoms with Crippen LogP contribution in [-0.2, 0) is 0 Å². The number of hydrogen-bond acceptors (Lipinski definition) is 5. The summed E-state index contributed by atoms with van der Waals surface area (Å²) >= 11 is 0. The molecule has 1 aromatic carbocycles. The van der Waals surface area contributed by atoms with E-state index in [9.17, 15) is 0 Å². The second kappa shape index (κ2) is 8.16. The first-order valence-electron chi connectivity index (χ1n) is 9.60. The van der Waals surface area contributed by atoms with Crippen molar-refractivity contribution in [3.63, 3.8) is 0 Å². The van der Waals surface area contributed by atoms with Crippen LogP contribution in [0, 0.1) is 6.92 Å². The predicted molar refractivity (Wildman–Crippen MR) is 109 cm³/mol. The molecule has 27 heavy (non-hydrogen) atoms. The summed E-state index contributed by atoms with van der Waals surface area (Å²) in [6.07, 6.45) is 7.25. The summed E-state index contributed by atoms with van der Waals surface area (Å²) in [6, 6.07) is 16.5. The highest BCUT2D eigenvalue weighted by molar-refractivity contribution is 5.51. The van der Waals surface area contributed by atoms with E-state index in [0.717, 1.165) is 30.4 Å². The van der Waals surface area contributed by atoms with Crippen LogP contribution in [0.5, 0.6) is 0 Å². The summed E-state index contributed by atoms with van der Waals surface area (Å²) in [5, 5.41) is 3.58. The maximum atomic E-state index is 4.58. The molecule has 0 radical (unpaired) electrons. The van der Waals surface area contributed by atoms with Crippen molar-refractivity contribution in [3.8, 4) is 0 Å². The van der Waals surface area contributed by atoms with Gasteiger partial charge in [0, 0.05) is 25.4 Å². The molecule has 3 heterocycles. The fourth-order valence-electron chi connectivity index (χ4n) is 3.59. The number of nitrogens with zero attached hydrogens (tertiary/aromatic N) is 4. The lowest BCUT2D eigenvalue weighted by molar-refractivity contribution is 0.573. The van der Waals surface area contributed by atoms with Gasteiger partial charge in [0.05, 0.1) is 11.7 Å². The number of benzene rings is 1. The van der Waals surface area contributed by atoms with Crippen LogP contribution in [0.4, 0.5) is 11.6 Å². The van der Waals surface area contributed by atoms with Crippen LogP contribution in [0.2, 0.25) is 0 Å². The van der Waals surface area contributed by atoms with Crippen molar-refractivity contribution in [2.45, 2.75) is 32.2 Å². The summed E-state index contributed by atoms with van der Waals surface area (Å²) in [7, 11) is 0. The lowest BCUT2D eigenvalue weighted by Gasteiger charge is -2.28. The molecule has 1 saturated heterocycles. The van der Waals surface area contributed by atoms with Crippen LogP contribution >= 0.6 is 0 Å². The van der Waals surface area contributed by atoms with Gasteiger partial charge in [-0.1, -0.05) is 35.9 Å². The van der Waals surface area contributed by atoms with Gasteiger partial charge in [0.2, 0.25) is 0 Å². The minimum Gasteiger partial charge on any atom is -0.357 e. The van der Waals surface area contributed by atoms with Crippen molar-refractivity contribution in [3.05, 3.63) is 77.9 Å². The second-order valence-electron chi connectivity index (χ2n) is 7.06. The summed E-state index contributed by atoms with van der Waals surface area (Å²) in [5.41, 5.74) is 3.37. The van der Waals surface area contributed by atoms with E-state index in [0.29, 0.717) is 0 Å². The van der Waals surface area contributed by atoms with Gasteiger partial charge in [0.25, 0.3) is 0 Å². The van der Waals surface area contributed by atoms with E-state index in [2.05, 4.69) is 62.4 Å². The molecule has 1 aliphatic heterocycles. The third-order valence-electron chi connectivity index (χ3n) is 4.98. The molecular weight excluding hydrogens is 334 g/mol. The molecule has 5 nitrogen and oxygen atoms in total. The van der Waals surface area contributed by atoms with E-state index >= 15 is 0 Å². The Bertz CT molecular complexity index is 875. The number of hydrogen-bond donors (Lipinski definition) is 1. The zero-order valence-electron chi connectivity index (χ0n) is 15.7. The van der Waals surface area contributed by atoms with Gasteiger partial charge in [-0.3, -0.25) is 4.98 Å². The molecule has 4 rings (SSSR count). The first-order valence-corrected chi connectivity index (χ1v) is 9.60. The Morgan fingerprint density at radius 3 is 2.59 bits per heavy atom. The Kier molecular flexibility index (Phi) is 5.28. The van der Waals surface area contributed by atoms with E-state index in [1.807, 2.05) is 24.4 Å². The lowest BCUT2D eigenvalue weighted by atomic mass is 10.0. The number of anilines is 2. The highest BCUT2D eigenvalue weighted by Gasteiger charge is 2.18. The van der Waals surface area contributed by atoms with Crippen molar-refractivity contribution in [1.29, 1.82) is 0 Å². The number of aryl methyl sites for hydroxylation is 1. The zero-order valence-corrected chi connectivity index (χ0v) is 15.7. The van der Waals surface area contributed by atoms with Crippen molar-refractivity contribution in [1.82, 2.24) is 15.0 Å². The molecule has 2 aromatic heterocycles. The molecular formula is C22H25N5. The summed E-state index contributed by atoms with van der Waals surface area (Å²) in [6.45, 7) is 4.24. The fraction of sp³-hybridized carbons (Fsp3) is 0.318. The summed E-state index contributed by atoms with van der Waals surface area (Å²) in [5.74, 6) is 1.82. The minimum absolute atomic E-state index is 0.0600. The molecule has 0 saturated carbocycles. The number of aromatic nitrogens is 3.